The number of amides is 1. The first-order chi connectivity index (χ1) is 5.99. The summed E-state index contributed by atoms with van der Waals surface area (Å²) in [6, 6.07) is 0. The summed E-state index contributed by atoms with van der Waals surface area (Å²) in [4.78, 5) is 11.5. The standard InChI is InChI=1S/C10H20N2O/c1-10(2,11)7-12-9(13)8-5-3-4-6-8/h8H,3-7,11H2,1-2H3,(H,12,13). The molecule has 0 saturated heterocycles. The Bertz CT molecular complexity index is 178. The van der Waals surface area contributed by atoms with E-state index in [0.29, 0.717) is 6.54 Å². The molecule has 1 saturated carbocycles. The van der Waals surface area contributed by atoms with E-state index in [0.717, 1.165) is 12.8 Å². The third kappa shape index (κ3) is 3.77. The second kappa shape index (κ2) is 4.09. The zero-order chi connectivity index (χ0) is 9.90. The van der Waals surface area contributed by atoms with Crippen molar-refractivity contribution in [2.45, 2.75) is 45.1 Å². The Balaban J connectivity index is 2.25. The van der Waals surface area contributed by atoms with Gasteiger partial charge in [0.2, 0.25) is 5.91 Å². The van der Waals surface area contributed by atoms with Crippen LogP contribution in [0.2, 0.25) is 0 Å². The predicted octanol–water partition coefficient (Wildman–Crippen LogP) is 1.03. The van der Waals surface area contributed by atoms with Gasteiger partial charge in [0.05, 0.1) is 0 Å². The Labute approximate surface area is 80.1 Å². The summed E-state index contributed by atoms with van der Waals surface area (Å²) >= 11 is 0. The fourth-order valence-corrected chi connectivity index (χ4v) is 1.65. The van der Waals surface area contributed by atoms with Crippen LogP contribution in [-0.4, -0.2) is 18.0 Å². The fourth-order valence-electron chi connectivity index (χ4n) is 1.65. The quantitative estimate of drug-likeness (QED) is 0.688. The Morgan fingerprint density at radius 2 is 2.00 bits per heavy atom. The molecule has 0 aromatic carbocycles. The molecule has 0 spiro atoms. The lowest BCUT2D eigenvalue weighted by Gasteiger charge is -2.20. The molecule has 1 rings (SSSR count). The zero-order valence-electron chi connectivity index (χ0n) is 8.60. The Morgan fingerprint density at radius 1 is 1.46 bits per heavy atom. The Morgan fingerprint density at radius 3 is 2.46 bits per heavy atom. The topological polar surface area (TPSA) is 55.1 Å². The zero-order valence-corrected chi connectivity index (χ0v) is 8.60. The highest BCUT2D eigenvalue weighted by atomic mass is 16.1. The Kier molecular flexibility index (Phi) is 3.31. The van der Waals surface area contributed by atoms with E-state index in [1.807, 2.05) is 13.8 Å². The number of nitrogens with two attached hydrogens (primary N) is 1. The largest absolute Gasteiger partial charge is 0.354 e. The predicted molar refractivity (Wildman–Crippen MR) is 53.2 cm³/mol. The van der Waals surface area contributed by atoms with Gasteiger partial charge in [0.25, 0.3) is 0 Å². The van der Waals surface area contributed by atoms with Gasteiger partial charge in [-0.2, -0.15) is 0 Å². The molecule has 3 N–H and O–H groups in total. The van der Waals surface area contributed by atoms with Gasteiger partial charge in [0.15, 0.2) is 0 Å². The first-order valence-corrected chi connectivity index (χ1v) is 5.06. The smallest absolute Gasteiger partial charge is 0.223 e. The molecule has 1 aliphatic rings. The second-order valence-corrected chi connectivity index (χ2v) is 4.69. The van der Waals surface area contributed by atoms with E-state index in [9.17, 15) is 4.79 Å². The minimum absolute atomic E-state index is 0.191. The summed E-state index contributed by atoms with van der Waals surface area (Å²) in [6.07, 6.45) is 4.50. The van der Waals surface area contributed by atoms with Gasteiger partial charge in [-0.05, 0) is 26.7 Å². The lowest BCUT2D eigenvalue weighted by molar-refractivity contribution is -0.125. The molecule has 0 aliphatic heterocycles. The van der Waals surface area contributed by atoms with Crippen molar-refractivity contribution in [2.75, 3.05) is 6.54 Å². The van der Waals surface area contributed by atoms with Gasteiger partial charge in [-0.1, -0.05) is 12.8 Å². The summed E-state index contributed by atoms with van der Waals surface area (Å²) in [5, 5.41) is 2.90. The van der Waals surface area contributed by atoms with E-state index < -0.39 is 0 Å². The van der Waals surface area contributed by atoms with E-state index in [1.54, 1.807) is 0 Å². The summed E-state index contributed by atoms with van der Waals surface area (Å²) in [7, 11) is 0. The summed E-state index contributed by atoms with van der Waals surface area (Å²) in [5.41, 5.74) is 5.47. The van der Waals surface area contributed by atoms with Gasteiger partial charge in [-0.25, -0.2) is 0 Å². The summed E-state index contributed by atoms with van der Waals surface area (Å²) in [6.45, 7) is 4.41. The average Bonchev–Trinajstić information content (AvgIpc) is 2.50. The Hall–Kier alpha value is -0.570. The summed E-state index contributed by atoms with van der Waals surface area (Å²) in [5.74, 6) is 0.443. The van der Waals surface area contributed by atoms with Gasteiger partial charge in [-0.15, -0.1) is 0 Å². The van der Waals surface area contributed by atoms with E-state index in [4.69, 9.17) is 5.73 Å². The molecular weight excluding hydrogens is 164 g/mol. The minimum atomic E-state index is -0.297. The molecule has 13 heavy (non-hydrogen) atoms. The fraction of sp³-hybridized carbons (Fsp3) is 0.900. The van der Waals surface area contributed by atoms with E-state index in [-0.39, 0.29) is 17.4 Å². The number of nitrogens with one attached hydrogen (secondary N) is 1. The van der Waals surface area contributed by atoms with Crippen LogP contribution in [-0.2, 0) is 4.79 Å². The van der Waals surface area contributed by atoms with Crippen molar-refractivity contribution in [1.82, 2.24) is 5.32 Å². The first kappa shape index (κ1) is 10.5. The number of hydrogen-bond donors (Lipinski definition) is 2. The molecule has 0 aromatic rings. The number of carbonyl (C=O) groups is 1. The van der Waals surface area contributed by atoms with Crippen molar-refractivity contribution in [1.29, 1.82) is 0 Å². The molecule has 1 fully saturated rings. The average molecular weight is 184 g/mol. The van der Waals surface area contributed by atoms with Gasteiger partial charge >= 0.3 is 0 Å². The molecule has 1 amide bonds. The van der Waals surface area contributed by atoms with E-state index in [1.165, 1.54) is 12.8 Å². The van der Waals surface area contributed by atoms with Gasteiger partial charge < -0.3 is 11.1 Å². The molecular formula is C10H20N2O. The maximum absolute atomic E-state index is 11.5. The minimum Gasteiger partial charge on any atom is -0.354 e. The number of hydrogen-bond acceptors (Lipinski definition) is 2. The molecule has 0 radical (unpaired) electrons. The third-order valence-electron chi connectivity index (χ3n) is 2.44. The van der Waals surface area contributed by atoms with Crippen LogP contribution < -0.4 is 11.1 Å². The molecule has 0 atom stereocenters. The molecule has 0 unspecified atom stereocenters. The van der Waals surface area contributed by atoms with Crippen LogP contribution in [0.15, 0.2) is 0 Å². The molecule has 0 heterocycles. The molecule has 3 nitrogen and oxygen atoms in total. The molecule has 0 aromatic heterocycles. The monoisotopic (exact) mass is 184 g/mol. The first-order valence-electron chi connectivity index (χ1n) is 5.06. The third-order valence-corrected chi connectivity index (χ3v) is 2.44. The lowest BCUT2D eigenvalue weighted by atomic mass is 10.1. The van der Waals surface area contributed by atoms with Crippen LogP contribution in [0.25, 0.3) is 0 Å². The maximum Gasteiger partial charge on any atom is 0.223 e. The van der Waals surface area contributed by atoms with Crippen molar-refractivity contribution < 1.29 is 4.79 Å². The summed E-state index contributed by atoms with van der Waals surface area (Å²) < 4.78 is 0. The van der Waals surface area contributed by atoms with Crippen molar-refractivity contribution in [3.8, 4) is 0 Å². The van der Waals surface area contributed by atoms with Crippen LogP contribution in [0.4, 0.5) is 0 Å². The second-order valence-electron chi connectivity index (χ2n) is 4.69. The highest BCUT2D eigenvalue weighted by Crippen LogP contribution is 2.24. The number of rotatable bonds is 3. The van der Waals surface area contributed by atoms with Crippen molar-refractivity contribution >= 4 is 5.91 Å². The highest BCUT2D eigenvalue weighted by molar-refractivity contribution is 5.78. The molecule has 76 valence electrons. The molecule has 0 bridgehead atoms. The maximum atomic E-state index is 11.5. The van der Waals surface area contributed by atoms with Crippen molar-refractivity contribution in [2.24, 2.45) is 11.7 Å². The van der Waals surface area contributed by atoms with Gasteiger partial charge in [-0.3, -0.25) is 4.79 Å². The molecule has 1 aliphatic carbocycles. The number of carbonyl (C=O) groups excluding carboxylic acids is 1. The van der Waals surface area contributed by atoms with Crippen LogP contribution in [0.3, 0.4) is 0 Å². The lowest BCUT2D eigenvalue weighted by Crippen LogP contribution is -2.46. The van der Waals surface area contributed by atoms with Crippen molar-refractivity contribution in [3.63, 3.8) is 0 Å². The molecule has 3 heteroatoms. The van der Waals surface area contributed by atoms with E-state index in [2.05, 4.69) is 5.32 Å². The van der Waals surface area contributed by atoms with Gasteiger partial charge in [0.1, 0.15) is 0 Å². The van der Waals surface area contributed by atoms with Crippen LogP contribution in [0, 0.1) is 5.92 Å². The van der Waals surface area contributed by atoms with Crippen molar-refractivity contribution in [3.05, 3.63) is 0 Å². The van der Waals surface area contributed by atoms with E-state index >= 15 is 0 Å². The van der Waals surface area contributed by atoms with Crippen LogP contribution in [0.1, 0.15) is 39.5 Å². The van der Waals surface area contributed by atoms with Crippen LogP contribution in [0.5, 0.6) is 0 Å². The van der Waals surface area contributed by atoms with Gasteiger partial charge in [0, 0.05) is 18.0 Å². The van der Waals surface area contributed by atoms with Crippen LogP contribution >= 0.6 is 0 Å². The highest BCUT2D eigenvalue weighted by Gasteiger charge is 2.23. The normalized spacial score (nSPS) is 19.0. The SMILES string of the molecule is CC(C)(N)CNC(=O)C1CCCC1.